The van der Waals surface area contributed by atoms with Gasteiger partial charge in [0.2, 0.25) is 0 Å². The van der Waals surface area contributed by atoms with Gasteiger partial charge in [-0.3, -0.25) is 0 Å². The van der Waals surface area contributed by atoms with Crippen LogP contribution >= 0.6 is 0 Å². The number of fused-ring (bicyclic) bond motifs is 5. The minimum atomic E-state index is -0.105. The molecule has 0 aromatic carbocycles. The molecule has 0 aromatic rings. The topological polar surface area (TPSA) is 40.5 Å². The first-order chi connectivity index (χ1) is 13.8. The van der Waals surface area contributed by atoms with Crippen LogP contribution in [0.4, 0.5) is 0 Å². The van der Waals surface area contributed by atoms with Crippen molar-refractivity contribution in [3.63, 3.8) is 0 Å². The average molecular weight is 403 g/mol. The third kappa shape index (κ3) is 3.75. The van der Waals surface area contributed by atoms with Gasteiger partial charge in [0.1, 0.15) is 0 Å². The highest BCUT2D eigenvalue weighted by Gasteiger charge is 2.59. The van der Waals surface area contributed by atoms with Crippen LogP contribution in [0.15, 0.2) is 11.6 Å². The Kier molecular flexibility index (Phi) is 6.26. The number of hydrogen-bond donors (Lipinski definition) is 2. The van der Waals surface area contributed by atoms with Crippen LogP contribution in [-0.2, 0) is 0 Å². The molecule has 4 rings (SSSR count). The molecule has 2 nitrogen and oxygen atoms in total. The largest absolute Gasteiger partial charge is 0.396 e. The molecule has 0 heterocycles. The first kappa shape index (κ1) is 21.9. The zero-order chi connectivity index (χ0) is 20.8. The van der Waals surface area contributed by atoms with E-state index >= 15 is 0 Å². The number of aliphatic hydroxyl groups is 2. The Morgan fingerprint density at radius 3 is 2.55 bits per heavy atom. The van der Waals surface area contributed by atoms with Gasteiger partial charge in [-0.1, -0.05) is 52.2 Å². The number of allylic oxidation sites excluding steroid dienone is 1. The fourth-order valence-corrected chi connectivity index (χ4v) is 8.66. The second-order valence-corrected chi connectivity index (χ2v) is 12.2. The predicted molar refractivity (Wildman–Crippen MR) is 120 cm³/mol. The summed E-state index contributed by atoms with van der Waals surface area (Å²) >= 11 is 0. The molecule has 3 fully saturated rings. The maximum absolute atomic E-state index is 10.3. The second kappa shape index (κ2) is 8.30. The van der Waals surface area contributed by atoms with Crippen molar-refractivity contribution in [2.24, 2.45) is 46.3 Å². The molecular formula is C27H46O2. The minimum Gasteiger partial charge on any atom is -0.396 e. The fraction of sp³-hybridized carbons (Fsp3) is 0.926. The highest BCUT2D eigenvalue weighted by Crippen LogP contribution is 2.67. The standard InChI is InChI=1S/C27H46O2/c1-18(2)6-5-7-19(17-28)23-10-11-24-22-9-8-20-16-21(29)12-14-26(20,3)25(22)13-15-27(23,24)4/h8,18-19,21-25,28-29H,5-7,9-17H2,1-4H3/t19-,21+,22-,23-,24+,25+,26+,27-/m1/s1. The van der Waals surface area contributed by atoms with Crippen LogP contribution in [0, 0.1) is 46.3 Å². The minimum absolute atomic E-state index is 0.105. The quantitative estimate of drug-likeness (QED) is 0.507. The molecule has 0 unspecified atom stereocenters. The molecule has 0 aromatic heterocycles. The van der Waals surface area contributed by atoms with Crippen LogP contribution in [0.3, 0.4) is 0 Å². The summed E-state index contributed by atoms with van der Waals surface area (Å²) in [7, 11) is 0. The zero-order valence-corrected chi connectivity index (χ0v) is 19.5. The summed E-state index contributed by atoms with van der Waals surface area (Å²) in [5.41, 5.74) is 2.36. The third-order valence-electron chi connectivity index (χ3n) is 10.3. The Hall–Kier alpha value is -0.340. The van der Waals surface area contributed by atoms with Gasteiger partial charge < -0.3 is 10.2 Å². The molecule has 4 aliphatic rings. The normalized spacial score (nSPS) is 45.3. The zero-order valence-electron chi connectivity index (χ0n) is 19.5. The van der Waals surface area contributed by atoms with Gasteiger partial charge in [0.15, 0.2) is 0 Å². The highest BCUT2D eigenvalue weighted by atomic mass is 16.3. The van der Waals surface area contributed by atoms with E-state index in [0.29, 0.717) is 23.4 Å². The molecule has 29 heavy (non-hydrogen) atoms. The van der Waals surface area contributed by atoms with Crippen LogP contribution in [0.1, 0.15) is 98.3 Å². The van der Waals surface area contributed by atoms with E-state index in [9.17, 15) is 10.2 Å². The second-order valence-electron chi connectivity index (χ2n) is 12.2. The van der Waals surface area contributed by atoms with E-state index in [1.54, 1.807) is 5.57 Å². The van der Waals surface area contributed by atoms with Gasteiger partial charge in [0, 0.05) is 6.61 Å². The number of rotatable bonds is 6. The summed E-state index contributed by atoms with van der Waals surface area (Å²) in [5, 5.41) is 20.5. The summed E-state index contributed by atoms with van der Waals surface area (Å²) in [4.78, 5) is 0. The molecular weight excluding hydrogens is 356 g/mol. The van der Waals surface area contributed by atoms with Crippen LogP contribution in [0.2, 0.25) is 0 Å². The summed E-state index contributed by atoms with van der Waals surface area (Å²) in [5.74, 6) is 4.49. The number of aliphatic hydroxyl groups excluding tert-OH is 2. The van der Waals surface area contributed by atoms with Crippen molar-refractivity contribution >= 4 is 0 Å². The molecule has 0 bridgehead atoms. The first-order valence-corrected chi connectivity index (χ1v) is 12.8. The van der Waals surface area contributed by atoms with Crippen molar-refractivity contribution in [3.8, 4) is 0 Å². The summed E-state index contributed by atoms with van der Waals surface area (Å²) in [6.07, 6.45) is 16.0. The molecule has 0 spiro atoms. The van der Waals surface area contributed by atoms with Gasteiger partial charge in [-0.25, -0.2) is 0 Å². The van der Waals surface area contributed by atoms with Crippen molar-refractivity contribution in [1.82, 2.24) is 0 Å². The van der Waals surface area contributed by atoms with Crippen molar-refractivity contribution in [3.05, 3.63) is 11.6 Å². The van der Waals surface area contributed by atoms with Crippen molar-refractivity contribution in [2.45, 2.75) is 104 Å². The first-order valence-electron chi connectivity index (χ1n) is 12.8. The van der Waals surface area contributed by atoms with Gasteiger partial charge in [-0.15, -0.1) is 0 Å². The Bertz CT molecular complexity index is 610. The Morgan fingerprint density at radius 1 is 1.03 bits per heavy atom. The molecule has 0 amide bonds. The Morgan fingerprint density at radius 2 is 1.83 bits per heavy atom. The van der Waals surface area contributed by atoms with Crippen LogP contribution in [0.25, 0.3) is 0 Å². The lowest BCUT2D eigenvalue weighted by Crippen LogP contribution is -2.51. The molecule has 0 aliphatic heterocycles. The lowest BCUT2D eigenvalue weighted by atomic mass is 9.47. The summed E-state index contributed by atoms with van der Waals surface area (Å²) in [6, 6.07) is 0. The molecule has 4 aliphatic carbocycles. The lowest BCUT2D eigenvalue weighted by Gasteiger charge is -2.58. The molecule has 0 saturated heterocycles. The molecule has 2 heteroatoms. The van der Waals surface area contributed by atoms with Crippen LogP contribution in [0.5, 0.6) is 0 Å². The van der Waals surface area contributed by atoms with Gasteiger partial charge in [-0.2, -0.15) is 0 Å². The van der Waals surface area contributed by atoms with Crippen LogP contribution in [-0.4, -0.2) is 22.9 Å². The third-order valence-corrected chi connectivity index (χ3v) is 10.3. The van der Waals surface area contributed by atoms with Gasteiger partial charge in [-0.05, 0) is 104 Å². The maximum atomic E-state index is 10.3. The Labute approximate surface area is 179 Å². The van der Waals surface area contributed by atoms with Crippen molar-refractivity contribution in [2.75, 3.05) is 6.61 Å². The molecule has 3 saturated carbocycles. The SMILES string of the molecule is CC(C)CCC[C@H](CO)[C@H]1CC[C@H]2[C@H]3CC=C4C[C@@H](O)CC[C@]4(C)[C@H]3CC[C@]12C. The average Bonchev–Trinajstić information content (AvgIpc) is 3.03. The van der Waals surface area contributed by atoms with Gasteiger partial charge in [0.25, 0.3) is 0 Å². The maximum Gasteiger partial charge on any atom is 0.0577 e. The van der Waals surface area contributed by atoms with E-state index in [1.807, 2.05) is 0 Å². The summed E-state index contributed by atoms with van der Waals surface area (Å²) in [6.45, 7) is 10.1. The molecule has 8 atom stereocenters. The number of hydrogen-bond acceptors (Lipinski definition) is 2. The fourth-order valence-electron chi connectivity index (χ4n) is 8.66. The smallest absolute Gasteiger partial charge is 0.0577 e. The van der Waals surface area contributed by atoms with E-state index in [1.165, 1.54) is 57.8 Å². The monoisotopic (exact) mass is 402 g/mol. The van der Waals surface area contributed by atoms with Crippen LogP contribution < -0.4 is 0 Å². The van der Waals surface area contributed by atoms with E-state index in [2.05, 4.69) is 33.8 Å². The van der Waals surface area contributed by atoms with Crippen molar-refractivity contribution < 1.29 is 10.2 Å². The predicted octanol–water partition coefficient (Wildman–Crippen LogP) is 6.36. The van der Waals surface area contributed by atoms with Gasteiger partial charge >= 0.3 is 0 Å². The highest BCUT2D eigenvalue weighted by molar-refractivity contribution is 5.25. The Balaban J connectivity index is 1.51. The molecule has 2 N–H and O–H groups in total. The van der Waals surface area contributed by atoms with Gasteiger partial charge in [0.05, 0.1) is 6.10 Å². The van der Waals surface area contributed by atoms with E-state index < -0.39 is 0 Å². The lowest BCUT2D eigenvalue weighted by molar-refractivity contribution is -0.0623. The van der Waals surface area contributed by atoms with Crippen molar-refractivity contribution in [1.29, 1.82) is 0 Å². The molecule has 166 valence electrons. The molecule has 0 radical (unpaired) electrons. The van der Waals surface area contributed by atoms with E-state index in [0.717, 1.165) is 42.4 Å². The van der Waals surface area contributed by atoms with E-state index in [4.69, 9.17) is 0 Å². The summed E-state index contributed by atoms with van der Waals surface area (Å²) < 4.78 is 0. The van der Waals surface area contributed by atoms with E-state index in [-0.39, 0.29) is 6.10 Å².